The zero-order valence-corrected chi connectivity index (χ0v) is 18.4. The fourth-order valence-electron chi connectivity index (χ4n) is 5.28. The van der Waals surface area contributed by atoms with Gasteiger partial charge < -0.3 is 4.74 Å². The average molecular weight is 417 g/mol. The Morgan fingerprint density at radius 2 is 1.71 bits per heavy atom. The summed E-state index contributed by atoms with van der Waals surface area (Å²) in [7, 11) is 1.63. The topological polar surface area (TPSA) is 60.3 Å². The average Bonchev–Trinajstić information content (AvgIpc) is 3.32. The lowest BCUT2D eigenvalue weighted by Gasteiger charge is -2.23. The maximum absolute atomic E-state index is 13.2. The third kappa shape index (κ3) is 3.55. The Bertz CT molecular complexity index is 1160. The zero-order chi connectivity index (χ0) is 21.6. The quantitative estimate of drug-likeness (QED) is 0.652. The molecule has 1 atom stereocenters. The lowest BCUT2D eigenvalue weighted by Crippen LogP contribution is -2.33. The first-order valence-electron chi connectivity index (χ1n) is 10.9. The van der Waals surface area contributed by atoms with Crippen LogP contribution in [0.25, 0.3) is 11.3 Å². The first-order chi connectivity index (χ1) is 15.0. The minimum Gasteiger partial charge on any atom is -0.497 e. The first kappa shape index (κ1) is 19.9. The van der Waals surface area contributed by atoms with Gasteiger partial charge in [0.15, 0.2) is 5.69 Å². The van der Waals surface area contributed by atoms with Crippen LogP contribution < -0.4 is 10.3 Å². The van der Waals surface area contributed by atoms with E-state index in [2.05, 4.69) is 47.1 Å². The Labute approximate surface area is 182 Å². The molecule has 0 unspecified atom stereocenters. The number of aryl methyl sites for hydroxylation is 2. The van der Waals surface area contributed by atoms with Gasteiger partial charge in [-0.2, -0.15) is 0 Å². The van der Waals surface area contributed by atoms with Crippen LogP contribution in [-0.2, 0) is 18.5 Å². The second-order valence-corrected chi connectivity index (χ2v) is 9.04. The molecule has 3 heterocycles. The molecule has 1 fully saturated rings. The van der Waals surface area contributed by atoms with Crippen molar-refractivity contribution in [2.45, 2.75) is 45.2 Å². The highest BCUT2D eigenvalue weighted by Crippen LogP contribution is 2.41. The van der Waals surface area contributed by atoms with Gasteiger partial charge in [-0.15, -0.1) is 10.2 Å². The van der Waals surface area contributed by atoms with Gasteiger partial charge in [0.05, 0.1) is 7.11 Å². The lowest BCUT2D eigenvalue weighted by atomic mass is 9.85. The number of hydrogen-bond acceptors (Lipinski definition) is 5. The molecule has 5 rings (SSSR count). The monoisotopic (exact) mass is 416 g/mol. The predicted octanol–water partition coefficient (Wildman–Crippen LogP) is 3.48. The summed E-state index contributed by atoms with van der Waals surface area (Å²) < 4.78 is 7.07. The maximum atomic E-state index is 13.2. The van der Waals surface area contributed by atoms with E-state index in [-0.39, 0.29) is 11.0 Å². The molecule has 2 aromatic carbocycles. The van der Waals surface area contributed by atoms with Gasteiger partial charge in [-0.3, -0.25) is 14.3 Å². The summed E-state index contributed by atoms with van der Waals surface area (Å²) in [4.78, 5) is 15.7. The molecule has 6 heteroatoms. The van der Waals surface area contributed by atoms with Gasteiger partial charge in [0.25, 0.3) is 5.56 Å². The highest BCUT2D eigenvalue weighted by molar-refractivity contribution is 5.58. The van der Waals surface area contributed by atoms with Gasteiger partial charge in [-0.25, -0.2) is 0 Å². The van der Waals surface area contributed by atoms with Crippen molar-refractivity contribution >= 4 is 0 Å². The molecule has 0 amide bonds. The minimum atomic E-state index is -0.0660. The standard InChI is InChI=1S/C25H28N4O2/c1-17-12-18(2)14-19(13-17)15-28-10-8-25(16-28)9-11-29-23(30)22(26-27-24(25)29)20-4-6-21(31-3)7-5-20/h4-7,12-14H,8-11,15-16H2,1-3H3/t25-/m1/s1. The van der Waals surface area contributed by atoms with E-state index in [0.29, 0.717) is 12.2 Å². The Kier molecular flexibility index (Phi) is 4.89. The summed E-state index contributed by atoms with van der Waals surface area (Å²) in [6.07, 6.45) is 1.97. The van der Waals surface area contributed by atoms with E-state index in [1.165, 1.54) is 16.7 Å². The summed E-state index contributed by atoms with van der Waals surface area (Å²) in [5, 5.41) is 8.98. The SMILES string of the molecule is COc1ccc(-c2nnc3n(c2=O)CC[C@@]32CCN(Cc3cc(C)cc(C)c3)C2)cc1. The van der Waals surface area contributed by atoms with E-state index in [9.17, 15) is 4.79 Å². The van der Waals surface area contributed by atoms with E-state index >= 15 is 0 Å². The second kappa shape index (κ2) is 7.61. The lowest BCUT2D eigenvalue weighted by molar-refractivity contribution is 0.299. The van der Waals surface area contributed by atoms with Crippen molar-refractivity contribution in [3.8, 4) is 17.0 Å². The molecule has 160 valence electrons. The Balaban J connectivity index is 1.40. The van der Waals surface area contributed by atoms with Gasteiger partial charge in [0.1, 0.15) is 11.6 Å². The van der Waals surface area contributed by atoms with Gasteiger partial charge >= 0.3 is 0 Å². The number of fused-ring (bicyclic) bond motifs is 2. The summed E-state index contributed by atoms with van der Waals surface area (Å²) in [6.45, 7) is 7.89. The first-order valence-corrected chi connectivity index (χ1v) is 10.9. The molecule has 0 aliphatic carbocycles. The molecule has 1 spiro atoms. The molecule has 1 saturated heterocycles. The van der Waals surface area contributed by atoms with E-state index in [0.717, 1.165) is 49.6 Å². The van der Waals surface area contributed by atoms with Crippen molar-refractivity contribution in [2.75, 3.05) is 20.2 Å². The largest absolute Gasteiger partial charge is 0.497 e. The van der Waals surface area contributed by atoms with Gasteiger partial charge in [-0.1, -0.05) is 29.3 Å². The molecule has 2 aliphatic heterocycles. The summed E-state index contributed by atoms with van der Waals surface area (Å²) in [5.74, 6) is 1.62. The van der Waals surface area contributed by atoms with E-state index in [1.54, 1.807) is 7.11 Å². The molecule has 6 nitrogen and oxygen atoms in total. The number of methoxy groups -OCH3 is 1. The minimum absolute atomic E-state index is 0.0419. The normalized spacial score (nSPS) is 20.4. The number of rotatable bonds is 4. The van der Waals surface area contributed by atoms with Gasteiger partial charge in [0.2, 0.25) is 0 Å². The molecule has 1 aromatic heterocycles. The highest BCUT2D eigenvalue weighted by atomic mass is 16.5. The summed E-state index contributed by atoms with van der Waals surface area (Å²) in [6, 6.07) is 14.2. The van der Waals surface area contributed by atoms with Crippen LogP contribution in [0.3, 0.4) is 0 Å². The van der Waals surface area contributed by atoms with Crippen LogP contribution in [0, 0.1) is 13.8 Å². The van der Waals surface area contributed by atoms with Crippen LogP contribution in [0.2, 0.25) is 0 Å². The Morgan fingerprint density at radius 1 is 1.00 bits per heavy atom. The van der Waals surface area contributed by atoms with Crippen molar-refractivity contribution in [3.05, 3.63) is 75.3 Å². The van der Waals surface area contributed by atoms with E-state index in [4.69, 9.17) is 4.74 Å². The van der Waals surface area contributed by atoms with Crippen molar-refractivity contribution in [1.82, 2.24) is 19.7 Å². The van der Waals surface area contributed by atoms with Crippen LogP contribution in [0.15, 0.2) is 47.3 Å². The molecule has 3 aromatic rings. The van der Waals surface area contributed by atoms with Crippen LogP contribution in [0.4, 0.5) is 0 Å². The highest BCUT2D eigenvalue weighted by Gasteiger charge is 2.46. The van der Waals surface area contributed by atoms with Crippen LogP contribution in [-0.4, -0.2) is 39.9 Å². The molecule has 2 aliphatic rings. The Hall–Kier alpha value is -2.99. The number of hydrogen-bond donors (Lipinski definition) is 0. The predicted molar refractivity (Wildman–Crippen MR) is 120 cm³/mol. The Morgan fingerprint density at radius 3 is 2.42 bits per heavy atom. The van der Waals surface area contributed by atoms with Crippen molar-refractivity contribution in [2.24, 2.45) is 0 Å². The summed E-state index contributed by atoms with van der Waals surface area (Å²) in [5.41, 5.74) is 5.04. The molecule has 31 heavy (non-hydrogen) atoms. The fraction of sp³-hybridized carbons (Fsp3) is 0.400. The van der Waals surface area contributed by atoms with Gasteiger partial charge in [-0.05, 0) is 63.1 Å². The van der Waals surface area contributed by atoms with Crippen molar-refractivity contribution in [3.63, 3.8) is 0 Å². The molecule has 0 N–H and O–H groups in total. The number of ether oxygens (including phenoxy) is 1. The number of aromatic nitrogens is 3. The number of likely N-dealkylation sites (tertiary alicyclic amines) is 1. The van der Waals surface area contributed by atoms with E-state index < -0.39 is 0 Å². The summed E-state index contributed by atoms with van der Waals surface area (Å²) >= 11 is 0. The van der Waals surface area contributed by atoms with Crippen LogP contribution >= 0.6 is 0 Å². The van der Waals surface area contributed by atoms with Crippen molar-refractivity contribution < 1.29 is 4.74 Å². The molecule has 0 saturated carbocycles. The number of benzene rings is 2. The van der Waals surface area contributed by atoms with Crippen LogP contribution in [0.5, 0.6) is 5.75 Å². The number of nitrogens with zero attached hydrogens (tertiary/aromatic N) is 4. The molecular formula is C25H28N4O2. The maximum Gasteiger partial charge on any atom is 0.280 e. The van der Waals surface area contributed by atoms with Crippen LogP contribution in [0.1, 0.15) is 35.4 Å². The van der Waals surface area contributed by atoms with Crippen molar-refractivity contribution in [1.29, 1.82) is 0 Å². The smallest absolute Gasteiger partial charge is 0.280 e. The second-order valence-electron chi connectivity index (χ2n) is 9.04. The molecule has 0 bridgehead atoms. The van der Waals surface area contributed by atoms with Gasteiger partial charge in [0, 0.05) is 30.6 Å². The molecule has 0 radical (unpaired) electrons. The molecular weight excluding hydrogens is 388 g/mol. The fourth-order valence-corrected chi connectivity index (χ4v) is 5.28. The third-order valence-electron chi connectivity index (χ3n) is 6.72. The zero-order valence-electron chi connectivity index (χ0n) is 18.4. The third-order valence-corrected chi connectivity index (χ3v) is 6.72. The van der Waals surface area contributed by atoms with E-state index in [1.807, 2.05) is 28.8 Å².